The number of aromatic hydroxyl groups is 1. The molecule has 0 aliphatic carbocycles. The fraction of sp³-hybridized carbons (Fsp3) is 0.0909. The topological polar surface area (TPSA) is 68.3 Å². The summed E-state index contributed by atoms with van der Waals surface area (Å²) in [5, 5.41) is 18.9. The molecule has 2 heterocycles. The Balaban J connectivity index is 1.80. The van der Waals surface area contributed by atoms with Crippen LogP contribution < -0.4 is 14.3 Å². The van der Waals surface area contributed by atoms with E-state index < -0.39 is 0 Å². The van der Waals surface area contributed by atoms with Crippen molar-refractivity contribution in [2.75, 3.05) is 14.2 Å². The molecule has 0 unspecified atom stereocenters. The van der Waals surface area contributed by atoms with Crippen molar-refractivity contribution in [1.29, 1.82) is 0 Å². The largest absolute Gasteiger partial charge is 0.507 e. The lowest BCUT2D eigenvalue weighted by molar-refractivity contribution is 0.412. The first-order chi connectivity index (χ1) is 14.7. The predicted octanol–water partition coefficient (Wildman–Crippen LogP) is 5.12. The highest BCUT2D eigenvalue weighted by Gasteiger charge is 2.09. The van der Waals surface area contributed by atoms with Gasteiger partial charge in [0.2, 0.25) is 4.80 Å². The maximum absolute atomic E-state index is 10.2. The number of nitrogens with zero attached hydrogens (tertiary/aromatic N) is 3. The summed E-state index contributed by atoms with van der Waals surface area (Å²) < 4.78 is 12.2. The molecule has 2 aromatic heterocycles. The molecule has 4 aromatic rings. The molecule has 0 saturated carbocycles. The van der Waals surface area contributed by atoms with Gasteiger partial charge in [-0.15, -0.1) is 22.7 Å². The highest BCUT2D eigenvalue weighted by atomic mass is 32.1. The Morgan fingerprint density at radius 3 is 2.43 bits per heavy atom. The third kappa shape index (κ3) is 4.29. The van der Waals surface area contributed by atoms with Gasteiger partial charge in [-0.3, -0.25) is 0 Å². The summed E-state index contributed by atoms with van der Waals surface area (Å²) in [4.78, 5) is 6.53. The molecule has 0 bridgehead atoms. The van der Waals surface area contributed by atoms with Gasteiger partial charge in [0.05, 0.1) is 36.7 Å². The number of aromatic nitrogens is 1. The number of phenolic OH excluding ortho intramolecular Hbond substituents is 1. The van der Waals surface area contributed by atoms with Gasteiger partial charge in [0.15, 0.2) is 0 Å². The summed E-state index contributed by atoms with van der Waals surface area (Å²) in [6, 6.07) is 16.6. The second-order valence-corrected chi connectivity index (χ2v) is 7.96. The monoisotopic (exact) mass is 437 g/mol. The number of hydrogen-bond acceptors (Lipinski definition) is 7. The standard InChI is InChI=1S/C22H19N3O3S2/c1-27-17-7-5-16(6-8-17)24-22-25(19(14-30-22)21-4-3-11-29-21)23-13-15-12-18(28-2)9-10-20(15)26/h3-14,26H,1-2H3. The first kappa shape index (κ1) is 19.9. The van der Waals surface area contributed by atoms with Crippen LogP contribution in [0.4, 0.5) is 5.69 Å². The molecule has 0 spiro atoms. The average molecular weight is 438 g/mol. The van der Waals surface area contributed by atoms with E-state index in [1.807, 2.05) is 47.2 Å². The highest BCUT2D eigenvalue weighted by molar-refractivity contribution is 7.14. The third-order valence-corrected chi connectivity index (χ3v) is 6.01. The summed E-state index contributed by atoms with van der Waals surface area (Å²) in [7, 11) is 3.22. The Morgan fingerprint density at radius 1 is 0.967 bits per heavy atom. The first-order valence-corrected chi connectivity index (χ1v) is 10.8. The van der Waals surface area contributed by atoms with Crippen LogP contribution in [0.1, 0.15) is 5.56 Å². The normalized spacial score (nSPS) is 11.9. The van der Waals surface area contributed by atoms with E-state index in [1.54, 1.807) is 54.6 Å². The van der Waals surface area contributed by atoms with Crippen molar-refractivity contribution >= 4 is 34.6 Å². The molecule has 8 heteroatoms. The molecule has 4 rings (SSSR count). The molecule has 0 atom stereocenters. The lowest BCUT2D eigenvalue weighted by atomic mass is 10.2. The molecular formula is C22H19N3O3S2. The molecule has 0 aliphatic heterocycles. The molecule has 0 radical (unpaired) electrons. The van der Waals surface area contributed by atoms with Crippen molar-refractivity contribution < 1.29 is 14.6 Å². The highest BCUT2D eigenvalue weighted by Crippen LogP contribution is 2.26. The molecule has 0 saturated heterocycles. The van der Waals surface area contributed by atoms with Gasteiger partial charge < -0.3 is 14.6 Å². The minimum Gasteiger partial charge on any atom is -0.507 e. The van der Waals surface area contributed by atoms with Crippen LogP contribution in [0.25, 0.3) is 10.6 Å². The maximum atomic E-state index is 10.2. The molecule has 1 N–H and O–H groups in total. The van der Waals surface area contributed by atoms with Crippen molar-refractivity contribution in [3.05, 3.63) is 75.7 Å². The molecule has 0 aliphatic rings. The fourth-order valence-corrected chi connectivity index (χ4v) is 4.38. The van der Waals surface area contributed by atoms with Crippen LogP contribution in [0.5, 0.6) is 17.2 Å². The number of benzene rings is 2. The summed E-state index contributed by atoms with van der Waals surface area (Å²) >= 11 is 3.13. The summed E-state index contributed by atoms with van der Waals surface area (Å²) in [6.45, 7) is 0. The van der Waals surface area contributed by atoms with Crippen molar-refractivity contribution in [2.45, 2.75) is 0 Å². The Morgan fingerprint density at radius 2 is 1.73 bits per heavy atom. The zero-order valence-electron chi connectivity index (χ0n) is 16.4. The average Bonchev–Trinajstić information content (AvgIpc) is 3.44. The molecule has 30 heavy (non-hydrogen) atoms. The summed E-state index contributed by atoms with van der Waals surface area (Å²) in [6.07, 6.45) is 1.61. The van der Waals surface area contributed by atoms with Gasteiger partial charge in [0.1, 0.15) is 17.2 Å². The van der Waals surface area contributed by atoms with E-state index in [-0.39, 0.29) is 5.75 Å². The number of rotatable bonds is 6. The number of methoxy groups -OCH3 is 2. The van der Waals surface area contributed by atoms with Gasteiger partial charge in [-0.05, 0) is 53.9 Å². The smallest absolute Gasteiger partial charge is 0.211 e. The number of ether oxygens (including phenoxy) is 2. The van der Waals surface area contributed by atoms with Crippen LogP contribution in [0.2, 0.25) is 0 Å². The molecule has 6 nitrogen and oxygen atoms in total. The fourth-order valence-electron chi connectivity index (χ4n) is 2.73. The Labute approximate surface area is 181 Å². The van der Waals surface area contributed by atoms with E-state index >= 15 is 0 Å². The first-order valence-electron chi connectivity index (χ1n) is 9.02. The second-order valence-electron chi connectivity index (χ2n) is 6.17. The van der Waals surface area contributed by atoms with Crippen LogP contribution in [0.3, 0.4) is 0 Å². The SMILES string of the molecule is COc1ccc(N=c2scc(-c3cccs3)n2N=Cc2cc(OC)ccc2O)cc1. The van der Waals surface area contributed by atoms with Crippen LogP contribution in [0.15, 0.2) is 75.5 Å². The number of hydrogen-bond donors (Lipinski definition) is 1. The van der Waals surface area contributed by atoms with Gasteiger partial charge in [0, 0.05) is 10.9 Å². The molecule has 2 aromatic carbocycles. The van der Waals surface area contributed by atoms with Crippen molar-refractivity contribution in [2.24, 2.45) is 10.1 Å². The number of thiazole rings is 1. The predicted molar refractivity (Wildman–Crippen MR) is 121 cm³/mol. The van der Waals surface area contributed by atoms with Gasteiger partial charge in [-0.2, -0.15) is 5.10 Å². The molecular weight excluding hydrogens is 418 g/mol. The van der Waals surface area contributed by atoms with E-state index in [4.69, 9.17) is 14.5 Å². The van der Waals surface area contributed by atoms with Gasteiger partial charge in [-0.25, -0.2) is 9.67 Å². The minimum absolute atomic E-state index is 0.127. The van der Waals surface area contributed by atoms with E-state index in [0.29, 0.717) is 16.1 Å². The van der Waals surface area contributed by atoms with Crippen LogP contribution in [-0.2, 0) is 0 Å². The van der Waals surface area contributed by atoms with Crippen molar-refractivity contribution in [3.8, 4) is 27.8 Å². The summed E-state index contributed by atoms with van der Waals surface area (Å²) in [5.74, 6) is 1.55. The van der Waals surface area contributed by atoms with Crippen LogP contribution in [-0.4, -0.2) is 30.2 Å². The van der Waals surface area contributed by atoms with Crippen molar-refractivity contribution in [1.82, 2.24) is 4.68 Å². The maximum Gasteiger partial charge on any atom is 0.211 e. The summed E-state index contributed by atoms with van der Waals surface area (Å²) in [5.41, 5.74) is 2.28. The zero-order valence-corrected chi connectivity index (χ0v) is 18.0. The molecule has 152 valence electrons. The molecule has 0 fully saturated rings. The quantitative estimate of drug-likeness (QED) is 0.426. The zero-order chi connectivity index (χ0) is 20.9. The van der Waals surface area contributed by atoms with E-state index in [9.17, 15) is 5.11 Å². The van der Waals surface area contributed by atoms with E-state index in [0.717, 1.165) is 22.0 Å². The number of thiophene rings is 1. The third-order valence-electron chi connectivity index (χ3n) is 4.30. The van der Waals surface area contributed by atoms with Gasteiger partial charge >= 0.3 is 0 Å². The number of phenols is 1. The van der Waals surface area contributed by atoms with Crippen LogP contribution >= 0.6 is 22.7 Å². The van der Waals surface area contributed by atoms with Crippen molar-refractivity contribution in [3.63, 3.8) is 0 Å². The Bertz CT molecular complexity index is 1220. The lowest BCUT2D eigenvalue weighted by Gasteiger charge is -2.04. The van der Waals surface area contributed by atoms with E-state index in [2.05, 4.69) is 5.10 Å². The lowest BCUT2D eigenvalue weighted by Crippen LogP contribution is -2.11. The Hall–Kier alpha value is -3.36. The van der Waals surface area contributed by atoms with Gasteiger partial charge in [0.25, 0.3) is 0 Å². The minimum atomic E-state index is 0.127. The van der Waals surface area contributed by atoms with Gasteiger partial charge in [-0.1, -0.05) is 6.07 Å². The Kier molecular flexibility index (Phi) is 5.97. The van der Waals surface area contributed by atoms with E-state index in [1.165, 1.54) is 11.3 Å². The second kappa shape index (κ2) is 8.98. The molecule has 0 amide bonds. The van der Waals surface area contributed by atoms with Crippen LogP contribution in [0, 0.1) is 0 Å².